The maximum atomic E-state index is 11.9. The highest BCUT2D eigenvalue weighted by molar-refractivity contribution is 9.11. The molecular weight excluding hydrogens is 348 g/mol. The van der Waals surface area contributed by atoms with E-state index in [1.165, 1.54) is 6.07 Å². The van der Waals surface area contributed by atoms with Crippen LogP contribution in [0.2, 0.25) is 5.02 Å². The Morgan fingerprint density at radius 3 is 2.82 bits per heavy atom. The van der Waals surface area contributed by atoms with Gasteiger partial charge in [0.1, 0.15) is 4.21 Å². The number of rotatable bonds is 4. The summed E-state index contributed by atoms with van der Waals surface area (Å²) in [7, 11) is -3.50. The first-order valence-corrected chi connectivity index (χ1v) is 8.02. The van der Waals surface area contributed by atoms with Crippen LogP contribution in [0.1, 0.15) is 5.56 Å². The van der Waals surface area contributed by atoms with E-state index in [0.717, 1.165) is 16.9 Å². The Labute approximate surface area is 116 Å². The molecule has 0 radical (unpaired) electrons. The van der Waals surface area contributed by atoms with Gasteiger partial charge in [-0.1, -0.05) is 11.6 Å². The topological polar surface area (TPSA) is 62.0 Å². The Bertz CT molecular complexity index is 587. The Hall–Kier alpha value is -0.340. The van der Waals surface area contributed by atoms with Gasteiger partial charge in [-0.15, -0.1) is 11.3 Å². The Morgan fingerprint density at radius 2 is 2.29 bits per heavy atom. The van der Waals surface area contributed by atoms with Crippen LogP contribution in [0.4, 0.5) is 0 Å². The molecule has 2 aromatic rings. The summed E-state index contributed by atoms with van der Waals surface area (Å²) in [6, 6.07) is 3.23. The molecule has 0 aliphatic heterocycles. The van der Waals surface area contributed by atoms with Crippen LogP contribution in [-0.4, -0.2) is 13.4 Å². The van der Waals surface area contributed by atoms with Crippen molar-refractivity contribution in [2.75, 3.05) is 0 Å². The fourth-order valence-electron chi connectivity index (χ4n) is 1.18. The summed E-state index contributed by atoms with van der Waals surface area (Å²) in [6.07, 6.45) is 3.47. The molecular formula is C9H8BrClN2O2S2. The Morgan fingerprint density at radius 1 is 1.53 bits per heavy atom. The number of halogens is 2. The van der Waals surface area contributed by atoms with Crippen molar-refractivity contribution in [3.63, 3.8) is 0 Å². The lowest BCUT2D eigenvalue weighted by Gasteiger charge is -2.02. The zero-order valence-electron chi connectivity index (χ0n) is 8.41. The molecule has 0 fully saturated rings. The summed E-state index contributed by atoms with van der Waals surface area (Å²) in [4.78, 5) is 2.86. The monoisotopic (exact) mass is 354 g/mol. The van der Waals surface area contributed by atoms with E-state index in [2.05, 4.69) is 25.6 Å². The van der Waals surface area contributed by atoms with Gasteiger partial charge < -0.3 is 4.98 Å². The molecule has 2 heterocycles. The summed E-state index contributed by atoms with van der Waals surface area (Å²) in [5, 5.41) is 0.400. The van der Waals surface area contributed by atoms with Crippen molar-refractivity contribution in [1.29, 1.82) is 0 Å². The lowest BCUT2D eigenvalue weighted by molar-refractivity contribution is 0.583. The van der Waals surface area contributed by atoms with Crippen LogP contribution in [-0.2, 0) is 16.6 Å². The minimum atomic E-state index is -3.50. The average Bonchev–Trinajstić information content (AvgIpc) is 2.87. The van der Waals surface area contributed by atoms with Crippen LogP contribution in [0.5, 0.6) is 0 Å². The van der Waals surface area contributed by atoms with E-state index in [0.29, 0.717) is 8.81 Å². The third-order valence-corrected chi connectivity index (χ3v) is 6.37. The summed E-state index contributed by atoms with van der Waals surface area (Å²) in [6.45, 7) is 0.249. The maximum Gasteiger partial charge on any atom is 0.250 e. The van der Waals surface area contributed by atoms with Crippen LogP contribution < -0.4 is 4.72 Å². The lowest BCUT2D eigenvalue weighted by Crippen LogP contribution is -2.22. The molecule has 0 saturated carbocycles. The van der Waals surface area contributed by atoms with Gasteiger partial charge in [-0.3, -0.25) is 0 Å². The molecule has 92 valence electrons. The predicted octanol–water partition coefficient (Wildman–Crippen LogP) is 2.97. The summed E-state index contributed by atoms with van der Waals surface area (Å²) in [5.41, 5.74) is 0.871. The van der Waals surface area contributed by atoms with Crippen molar-refractivity contribution in [3.8, 4) is 0 Å². The van der Waals surface area contributed by atoms with Crippen LogP contribution in [0.25, 0.3) is 0 Å². The van der Waals surface area contributed by atoms with Crippen LogP contribution in [0, 0.1) is 0 Å². The standard InChI is InChI=1S/C9H8BrClN2O2S2/c10-9-7(11)3-8(16-9)17(14,15)13-5-6-1-2-12-4-6/h1-4,12-13H,5H2. The molecule has 2 rings (SSSR count). The molecule has 0 aliphatic carbocycles. The number of H-pyrrole nitrogens is 1. The van der Waals surface area contributed by atoms with Crippen LogP contribution in [0.15, 0.2) is 32.5 Å². The molecule has 17 heavy (non-hydrogen) atoms. The van der Waals surface area contributed by atoms with E-state index in [4.69, 9.17) is 11.6 Å². The van der Waals surface area contributed by atoms with Crippen LogP contribution in [0.3, 0.4) is 0 Å². The van der Waals surface area contributed by atoms with Gasteiger partial charge in [-0.05, 0) is 33.6 Å². The van der Waals surface area contributed by atoms with Crippen molar-refractivity contribution < 1.29 is 8.42 Å². The second kappa shape index (κ2) is 5.11. The molecule has 0 aliphatic rings. The van der Waals surface area contributed by atoms with E-state index in [-0.39, 0.29) is 10.8 Å². The number of aromatic amines is 1. The summed E-state index contributed by atoms with van der Waals surface area (Å²) >= 11 is 10.1. The van der Waals surface area contributed by atoms with Gasteiger partial charge in [-0.25, -0.2) is 13.1 Å². The molecule has 0 saturated heterocycles. The van der Waals surface area contributed by atoms with Gasteiger partial charge in [0, 0.05) is 18.9 Å². The molecule has 2 N–H and O–H groups in total. The van der Waals surface area contributed by atoms with Gasteiger partial charge in [0.2, 0.25) is 10.0 Å². The third kappa shape index (κ3) is 3.11. The number of hydrogen-bond acceptors (Lipinski definition) is 3. The third-order valence-electron chi connectivity index (χ3n) is 2.02. The molecule has 2 aromatic heterocycles. The maximum absolute atomic E-state index is 11.9. The van der Waals surface area contributed by atoms with Crippen molar-refractivity contribution in [2.45, 2.75) is 10.8 Å². The van der Waals surface area contributed by atoms with E-state index in [9.17, 15) is 8.42 Å². The number of hydrogen-bond donors (Lipinski definition) is 2. The fraction of sp³-hybridized carbons (Fsp3) is 0.111. The van der Waals surface area contributed by atoms with Crippen molar-refractivity contribution in [2.24, 2.45) is 0 Å². The molecule has 0 aromatic carbocycles. The predicted molar refractivity (Wildman–Crippen MR) is 71.8 cm³/mol. The zero-order chi connectivity index (χ0) is 12.5. The Kier molecular flexibility index (Phi) is 3.94. The first-order chi connectivity index (χ1) is 7.99. The number of thiophene rings is 1. The molecule has 0 spiro atoms. The molecule has 8 heteroatoms. The second-order valence-electron chi connectivity index (χ2n) is 3.23. The normalized spacial score (nSPS) is 11.9. The molecule has 0 unspecified atom stereocenters. The van der Waals surface area contributed by atoms with Gasteiger partial charge >= 0.3 is 0 Å². The summed E-state index contributed by atoms with van der Waals surface area (Å²) < 4.78 is 27.1. The molecule has 4 nitrogen and oxygen atoms in total. The highest BCUT2D eigenvalue weighted by Gasteiger charge is 2.18. The average molecular weight is 356 g/mol. The summed E-state index contributed by atoms with van der Waals surface area (Å²) in [5.74, 6) is 0. The Balaban J connectivity index is 2.14. The molecule has 0 bridgehead atoms. The van der Waals surface area contributed by atoms with E-state index in [1.807, 2.05) is 0 Å². The van der Waals surface area contributed by atoms with Crippen molar-refractivity contribution >= 4 is 48.9 Å². The largest absolute Gasteiger partial charge is 0.367 e. The van der Waals surface area contributed by atoms with Crippen LogP contribution >= 0.6 is 38.9 Å². The minimum absolute atomic E-state index is 0.199. The van der Waals surface area contributed by atoms with Crippen molar-refractivity contribution in [3.05, 3.63) is 38.9 Å². The second-order valence-corrected chi connectivity index (χ2v) is 8.00. The van der Waals surface area contributed by atoms with Gasteiger partial charge in [0.25, 0.3) is 0 Å². The highest BCUT2D eigenvalue weighted by atomic mass is 79.9. The fourth-order valence-corrected chi connectivity index (χ4v) is 4.64. The number of sulfonamides is 1. The van der Waals surface area contributed by atoms with Crippen molar-refractivity contribution in [1.82, 2.24) is 9.71 Å². The van der Waals surface area contributed by atoms with Gasteiger partial charge in [0.15, 0.2) is 0 Å². The van der Waals surface area contributed by atoms with E-state index >= 15 is 0 Å². The molecule has 0 amide bonds. The highest BCUT2D eigenvalue weighted by Crippen LogP contribution is 2.34. The lowest BCUT2D eigenvalue weighted by atomic mass is 10.4. The first kappa shape index (κ1) is 13.1. The van der Waals surface area contributed by atoms with Gasteiger partial charge in [-0.2, -0.15) is 0 Å². The van der Waals surface area contributed by atoms with E-state index in [1.54, 1.807) is 18.5 Å². The van der Waals surface area contributed by atoms with E-state index < -0.39 is 10.0 Å². The number of aromatic nitrogens is 1. The zero-order valence-corrected chi connectivity index (χ0v) is 12.4. The number of nitrogens with one attached hydrogen (secondary N) is 2. The minimum Gasteiger partial charge on any atom is -0.367 e. The first-order valence-electron chi connectivity index (χ1n) is 4.55. The molecule has 0 atom stereocenters. The SMILES string of the molecule is O=S(=O)(NCc1cc[nH]c1)c1cc(Cl)c(Br)s1. The smallest absolute Gasteiger partial charge is 0.250 e. The quantitative estimate of drug-likeness (QED) is 0.885. The van der Waals surface area contributed by atoms with Gasteiger partial charge in [0.05, 0.1) is 8.81 Å².